The van der Waals surface area contributed by atoms with Crippen molar-refractivity contribution in [1.29, 1.82) is 0 Å². The number of ketones is 1. The molecule has 54 heavy (non-hydrogen) atoms. The van der Waals surface area contributed by atoms with Gasteiger partial charge in [0.25, 0.3) is 0 Å². The van der Waals surface area contributed by atoms with Crippen LogP contribution in [0.4, 0.5) is 0 Å². The highest BCUT2D eigenvalue weighted by atomic mass is 32.1. The van der Waals surface area contributed by atoms with Crippen LogP contribution in [-0.4, -0.2) is 102 Å². The number of thiazole rings is 1. The van der Waals surface area contributed by atoms with Crippen molar-refractivity contribution in [3.8, 4) is 0 Å². The third-order valence-electron chi connectivity index (χ3n) is 12.1. The average Bonchev–Trinajstić information content (AvgIpc) is 3.97. The summed E-state index contributed by atoms with van der Waals surface area (Å²) in [6.07, 6.45) is 5.51. The van der Waals surface area contributed by atoms with Gasteiger partial charge in [-0.15, -0.1) is 11.3 Å². The van der Waals surface area contributed by atoms with Gasteiger partial charge in [0, 0.05) is 51.7 Å². The monoisotopic (exact) mass is 767 g/mol. The van der Waals surface area contributed by atoms with Crippen LogP contribution in [0.5, 0.6) is 0 Å². The SMILES string of the molecule is CC[C@H](C)[C@@H]([C@@H](CC(=O)N1CCC[C@H]1[C@H](OC)[C@@H](C)C(=O)N[C@@H](Cc1ccccc1)c1nccs1)OC)N(C)C(=O)[C@@H](CC(=O)[C@]1(C)CCCN1)C(C)C. The van der Waals surface area contributed by atoms with Crippen molar-refractivity contribution in [2.45, 2.75) is 129 Å². The van der Waals surface area contributed by atoms with Crippen LogP contribution in [0.2, 0.25) is 0 Å². The van der Waals surface area contributed by atoms with Crippen LogP contribution in [0.1, 0.15) is 103 Å². The number of carbonyl (C=O) groups excluding carboxylic acids is 4. The minimum absolute atomic E-state index is 0.0284. The van der Waals surface area contributed by atoms with Gasteiger partial charge in [0.05, 0.1) is 48.2 Å². The van der Waals surface area contributed by atoms with Gasteiger partial charge >= 0.3 is 0 Å². The highest BCUT2D eigenvalue weighted by Gasteiger charge is 2.44. The predicted octanol–water partition coefficient (Wildman–Crippen LogP) is 5.84. The van der Waals surface area contributed by atoms with Gasteiger partial charge < -0.3 is 29.9 Å². The van der Waals surface area contributed by atoms with E-state index in [1.54, 1.807) is 32.4 Å². The Balaban J connectivity index is 1.47. The first kappa shape index (κ1) is 43.5. The Kier molecular flexibility index (Phi) is 16.2. The van der Waals surface area contributed by atoms with Gasteiger partial charge in [-0.3, -0.25) is 19.2 Å². The van der Waals surface area contributed by atoms with E-state index < -0.39 is 29.6 Å². The molecular formula is C42H65N5O6S. The zero-order chi connectivity index (χ0) is 39.6. The lowest BCUT2D eigenvalue weighted by atomic mass is 9.82. The maximum atomic E-state index is 14.3. The number of likely N-dealkylation sites (tertiary alicyclic amines) is 1. The van der Waals surface area contributed by atoms with Gasteiger partial charge in [0.2, 0.25) is 17.7 Å². The predicted molar refractivity (Wildman–Crippen MR) is 213 cm³/mol. The molecular weight excluding hydrogens is 703 g/mol. The number of hydrogen-bond donors (Lipinski definition) is 2. The topological polar surface area (TPSA) is 130 Å². The summed E-state index contributed by atoms with van der Waals surface area (Å²) in [4.78, 5) is 64.1. The number of carbonyl (C=O) groups is 4. The summed E-state index contributed by atoms with van der Waals surface area (Å²) in [7, 11) is 5.00. The molecule has 300 valence electrons. The number of rotatable bonds is 20. The molecule has 1 aromatic heterocycles. The number of amides is 3. The Bertz CT molecular complexity index is 1500. The van der Waals surface area contributed by atoms with Crippen molar-refractivity contribution in [2.75, 3.05) is 34.4 Å². The molecule has 0 aliphatic carbocycles. The molecule has 3 amide bonds. The summed E-state index contributed by atoms with van der Waals surface area (Å²) in [5.41, 5.74) is 0.500. The molecule has 12 heteroatoms. The summed E-state index contributed by atoms with van der Waals surface area (Å²) < 4.78 is 12.1. The van der Waals surface area contributed by atoms with Crippen LogP contribution in [0.3, 0.4) is 0 Å². The second kappa shape index (κ2) is 20.1. The standard InChI is InChI=1S/C42H65N5O6S/c1-10-28(4)37(46(7)41(51)31(27(2)3)25-35(48)42(6)19-15-20-44-42)34(52-8)26-36(49)47-22-14-18-33(47)38(53-9)29(5)39(50)45-32(40-43-21-23-54-40)24-30-16-12-11-13-17-30/h11-13,16-17,21,23,27-29,31-34,37-38,44H,10,14-15,18-20,22,24-26H2,1-9H3,(H,45,50)/t28-,29+,31-,32-,33-,34+,37-,38+,42-/m0/s1. The van der Waals surface area contributed by atoms with E-state index in [1.165, 1.54) is 11.3 Å². The summed E-state index contributed by atoms with van der Waals surface area (Å²) in [6.45, 7) is 13.3. The van der Waals surface area contributed by atoms with Crippen LogP contribution in [0.15, 0.2) is 41.9 Å². The summed E-state index contributed by atoms with van der Waals surface area (Å²) in [5, 5.41) is 9.34. The second-order valence-corrected chi connectivity index (χ2v) is 17.0. The molecule has 0 radical (unpaired) electrons. The lowest BCUT2D eigenvalue weighted by Gasteiger charge is -2.41. The Hall–Kier alpha value is -3.19. The van der Waals surface area contributed by atoms with Crippen LogP contribution in [0, 0.1) is 23.7 Å². The van der Waals surface area contributed by atoms with Crippen LogP contribution in [0.25, 0.3) is 0 Å². The summed E-state index contributed by atoms with van der Waals surface area (Å²) in [6, 6.07) is 9.06. The first-order valence-corrected chi connectivity index (χ1v) is 20.8. The first-order chi connectivity index (χ1) is 25.8. The average molecular weight is 768 g/mol. The molecule has 2 saturated heterocycles. The minimum atomic E-state index is -0.598. The largest absolute Gasteiger partial charge is 0.379 e. The van der Waals surface area contributed by atoms with E-state index in [1.807, 2.05) is 68.3 Å². The van der Waals surface area contributed by atoms with Crippen molar-refractivity contribution in [3.05, 3.63) is 52.5 Å². The normalized spacial score (nSPS) is 22.6. The molecule has 0 unspecified atom stereocenters. The smallest absolute Gasteiger partial charge is 0.226 e. The fourth-order valence-corrected chi connectivity index (χ4v) is 9.18. The molecule has 4 rings (SSSR count). The molecule has 11 nitrogen and oxygen atoms in total. The third kappa shape index (κ3) is 10.6. The molecule has 1 aromatic carbocycles. The quantitative estimate of drug-likeness (QED) is 0.172. The number of likely N-dealkylation sites (N-methyl/N-ethyl adjacent to an activating group) is 1. The molecule has 0 bridgehead atoms. The number of methoxy groups -OCH3 is 2. The number of aromatic nitrogens is 1. The molecule has 2 N–H and O–H groups in total. The van der Waals surface area contributed by atoms with E-state index in [9.17, 15) is 19.2 Å². The van der Waals surface area contributed by atoms with E-state index in [2.05, 4.69) is 29.5 Å². The number of ether oxygens (including phenoxy) is 2. The highest BCUT2D eigenvalue weighted by molar-refractivity contribution is 7.09. The molecule has 0 spiro atoms. The van der Waals surface area contributed by atoms with E-state index in [-0.39, 0.29) is 66.3 Å². The molecule has 3 heterocycles. The van der Waals surface area contributed by atoms with E-state index in [0.29, 0.717) is 19.4 Å². The van der Waals surface area contributed by atoms with Crippen molar-refractivity contribution >= 4 is 34.8 Å². The lowest BCUT2D eigenvalue weighted by Crippen LogP contribution is -2.54. The van der Waals surface area contributed by atoms with Gasteiger partial charge in [-0.2, -0.15) is 0 Å². The molecule has 2 aromatic rings. The van der Waals surface area contributed by atoms with Gasteiger partial charge in [-0.1, -0.05) is 71.4 Å². The fraction of sp³-hybridized carbons (Fsp3) is 0.690. The summed E-state index contributed by atoms with van der Waals surface area (Å²) >= 11 is 1.51. The molecule has 0 saturated carbocycles. The van der Waals surface area contributed by atoms with Crippen molar-refractivity contribution in [3.63, 3.8) is 0 Å². The Morgan fingerprint density at radius 2 is 1.80 bits per heavy atom. The van der Waals surface area contributed by atoms with E-state index in [0.717, 1.165) is 42.8 Å². The van der Waals surface area contributed by atoms with E-state index >= 15 is 0 Å². The Morgan fingerprint density at radius 1 is 1.07 bits per heavy atom. The van der Waals surface area contributed by atoms with Gasteiger partial charge in [0.1, 0.15) is 5.01 Å². The molecule has 9 atom stereocenters. The Morgan fingerprint density at radius 3 is 2.37 bits per heavy atom. The fourth-order valence-electron chi connectivity index (χ4n) is 8.49. The Labute approximate surface area is 327 Å². The van der Waals surface area contributed by atoms with E-state index in [4.69, 9.17) is 9.47 Å². The van der Waals surface area contributed by atoms with Crippen LogP contribution < -0.4 is 10.6 Å². The van der Waals surface area contributed by atoms with Crippen LogP contribution >= 0.6 is 11.3 Å². The zero-order valence-electron chi connectivity index (χ0n) is 34.0. The molecule has 2 aliphatic heterocycles. The maximum Gasteiger partial charge on any atom is 0.226 e. The van der Waals surface area contributed by atoms with Crippen molar-refractivity contribution in [1.82, 2.24) is 25.4 Å². The van der Waals surface area contributed by atoms with Crippen molar-refractivity contribution < 1.29 is 28.7 Å². The third-order valence-corrected chi connectivity index (χ3v) is 13.0. The highest BCUT2D eigenvalue weighted by Crippen LogP contribution is 2.32. The van der Waals surface area contributed by atoms with Gasteiger partial charge in [-0.05, 0) is 63.0 Å². The molecule has 2 aliphatic rings. The first-order valence-electron chi connectivity index (χ1n) is 19.9. The minimum Gasteiger partial charge on any atom is -0.379 e. The van der Waals surface area contributed by atoms with Gasteiger partial charge in [0.15, 0.2) is 5.78 Å². The van der Waals surface area contributed by atoms with Gasteiger partial charge in [-0.25, -0.2) is 4.98 Å². The lowest BCUT2D eigenvalue weighted by molar-refractivity contribution is -0.149. The number of nitrogens with one attached hydrogen (secondary N) is 2. The number of Topliss-reactive ketones (excluding diaryl/α,β-unsaturated/α-hetero) is 1. The molecule has 2 fully saturated rings. The van der Waals surface area contributed by atoms with Crippen molar-refractivity contribution in [2.24, 2.45) is 23.7 Å². The summed E-state index contributed by atoms with van der Waals surface area (Å²) in [5.74, 6) is -1.30. The second-order valence-electron chi connectivity index (χ2n) is 16.1. The number of nitrogens with zero attached hydrogens (tertiary/aromatic N) is 3. The maximum absolute atomic E-state index is 14.3. The van der Waals surface area contributed by atoms with Crippen LogP contribution in [-0.2, 0) is 35.1 Å². The number of hydrogen-bond acceptors (Lipinski definition) is 9. The zero-order valence-corrected chi connectivity index (χ0v) is 34.8. The number of benzene rings is 1.